The second-order valence-corrected chi connectivity index (χ2v) is 10.9. The SMILES string of the molecule is CCCCCCNCc1cccc(C(=O)N(CCC(C)C)Cc2nc3ccccc3n2CC2CC2)c1. The standard InChI is InChI=1S/C31H44N4O/c1-4-5-6-9-18-32-21-26-11-10-12-27(20-26)31(36)34(19-17-24(2)3)23-30-33-28-13-7-8-14-29(28)35(30)22-25-15-16-25/h7-8,10-14,20,24-25,32H,4-6,9,15-19,21-23H2,1-3H3. The van der Waals surface area contributed by atoms with Gasteiger partial charge in [0.15, 0.2) is 0 Å². The van der Waals surface area contributed by atoms with Gasteiger partial charge in [0.25, 0.3) is 5.91 Å². The number of rotatable bonds is 15. The van der Waals surface area contributed by atoms with E-state index in [4.69, 9.17) is 4.98 Å². The summed E-state index contributed by atoms with van der Waals surface area (Å²) < 4.78 is 2.36. The molecule has 0 unspecified atom stereocenters. The first-order valence-electron chi connectivity index (χ1n) is 14.1. The molecular formula is C31H44N4O. The molecule has 0 saturated heterocycles. The van der Waals surface area contributed by atoms with Gasteiger partial charge in [-0.2, -0.15) is 0 Å². The first-order valence-corrected chi connectivity index (χ1v) is 14.1. The normalized spacial score (nSPS) is 13.6. The van der Waals surface area contributed by atoms with Gasteiger partial charge in [0.1, 0.15) is 5.82 Å². The van der Waals surface area contributed by atoms with E-state index in [1.54, 1.807) is 0 Å². The second-order valence-electron chi connectivity index (χ2n) is 10.9. The highest BCUT2D eigenvalue weighted by Gasteiger charge is 2.26. The van der Waals surface area contributed by atoms with Crippen LogP contribution in [0.5, 0.6) is 0 Å². The van der Waals surface area contributed by atoms with E-state index in [1.807, 2.05) is 23.1 Å². The molecule has 3 aromatic rings. The fraction of sp³-hybridized carbons (Fsp3) is 0.548. The fourth-order valence-electron chi connectivity index (χ4n) is 4.75. The number of carbonyl (C=O) groups is 1. The Kier molecular flexibility index (Phi) is 9.57. The summed E-state index contributed by atoms with van der Waals surface area (Å²) in [6, 6.07) is 16.5. The summed E-state index contributed by atoms with van der Waals surface area (Å²) in [5, 5.41) is 3.54. The van der Waals surface area contributed by atoms with Gasteiger partial charge in [-0.25, -0.2) is 4.98 Å². The Morgan fingerprint density at radius 1 is 1.11 bits per heavy atom. The highest BCUT2D eigenvalue weighted by Crippen LogP contribution is 2.32. The van der Waals surface area contributed by atoms with Gasteiger partial charge in [0, 0.05) is 25.2 Å². The van der Waals surface area contributed by atoms with Crippen LogP contribution in [0.3, 0.4) is 0 Å². The molecule has 36 heavy (non-hydrogen) atoms. The molecule has 0 radical (unpaired) electrons. The Hall–Kier alpha value is -2.66. The van der Waals surface area contributed by atoms with Crippen LogP contribution in [-0.2, 0) is 19.6 Å². The topological polar surface area (TPSA) is 50.2 Å². The molecule has 1 aromatic heterocycles. The Balaban J connectivity index is 1.49. The number of unbranched alkanes of at least 4 members (excludes halogenated alkanes) is 3. The molecule has 4 rings (SSSR count). The maximum Gasteiger partial charge on any atom is 0.254 e. The van der Waals surface area contributed by atoms with Gasteiger partial charge in [-0.1, -0.05) is 64.3 Å². The molecule has 0 bridgehead atoms. The molecule has 1 fully saturated rings. The Labute approximate surface area is 217 Å². The molecule has 5 nitrogen and oxygen atoms in total. The van der Waals surface area contributed by atoms with E-state index in [0.717, 1.165) is 55.4 Å². The van der Waals surface area contributed by atoms with Crippen LogP contribution in [-0.4, -0.2) is 33.4 Å². The molecule has 0 spiro atoms. The van der Waals surface area contributed by atoms with Gasteiger partial charge in [-0.05, 0) is 73.9 Å². The van der Waals surface area contributed by atoms with Crippen LogP contribution < -0.4 is 5.32 Å². The van der Waals surface area contributed by atoms with E-state index in [9.17, 15) is 4.79 Å². The van der Waals surface area contributed by atoms with E-state index < -0.39 is 0 Å². The minimum absolute atomic E-state index is 0.102. The van der Waals surface area contributed by atoms with Crippen molar-refractivity contribution in [2.75, 3.05) is 13.1 Å². The lowest BCUT2D eigenvalue weighted by Gasteiger charge is -2.24. The van der Waals surface area contributed by atoms with E-state index >= 15 is 0 Å². The maximum atomic E-state index is 13.8. The highest BCUT2D eigenvalue weighted by atomic mass is 16.2. The van der Waals surface area contributed by atoms with Crippen molar-refractivity contribution in [3.63, 3.8) is 0 Å². The van der Waals surface area contributed by atoms with E-state index in [1.165, 1.54) is 49.6 Å². The molecule has 1 amide bonds. The summed E-state index contributed by atoms with van der Waals surface area (Å²) in [4.78, 5) is 20.8. The quantitative estimate of drug-likeness (QED) is 0.239. The molecule has 1 aliphatic rings. The zero-order valence-electron chi connectivity index (χ0n) is 22.5. The number of fused-ring (bicyclic) bond motifs is 1. The van der Waals surface area contributed by atoms with Crippen molar-refractivity contribution >= 4 is 16.9 Å². The van der Waals surface area contributed by atoms with Gasteiger partial charge in [-0.3, -0.25) is 4.79 Å². The lowest BCUT2D eigenvalue weighted by atomic mass is 10.1. The summed E-state index contributed by atoms with van der Waals surface area (Å²) in [6.07, 6.45) is 8.60. The third-order valence-electron chi connectivity index (χ3n) is 7.18. The molecule has 0 atom stereocenters. The third-order valence-corrected chi connectivity index (χ3v) is 7.18. The predicted molar refractivity (Wildman–Crippen MR) is 149 cm³/mol. The molecule has 1 N–H and O–H groups in total. The smallest absolute Gasteiger partial charge is 0.254 e. The van der Waals surface area contributed by atoms with Crippen LogP contribution >= 0.6 is 0 Å². The van der Waals surface area contributed by atoms with Crippen molar-refractivity contribution < 1.29 is 4.79 Å². The fourth-order valence-corrected chi connectivity index (χ4v) is 4.75. The van der Waals surface area contributed by atoms with Crippen LogP contribution in [0.2, 0.25) is 0 Å². The molecule has 194 valence electrons. The first kappa shape index (κ1) is 26.4. The van der Waals surface area contributed by atoms with Gasteiger partial charge in [0.05, 0.1) is 17.6 Å². The first-order chi connectivity index (χ1) is 17.5. The monoisotopic (exact) mass is 488 g/mol. The zero-order valence-corrected chi connectivity index (χ0v) is 22.5. The minimum atomic E-state index is 0.102. The number of amides is 1. The van der Waals surface area contributed by atoms with Crippen molar-refractivity contribution in [2.24, 2.45) is 11.8 Å². The number of hydrogen-bond acceptors (Lipinski definition) is 3. The Morgan fingerprint density at radius 3 is 2.72 bits per heavy atom. The Bertz CT molecular complexity index is 1110. The molecule has 1 aliphatic carbocycles. The summed E-state index contributed by atoms with van der Waals surface area (Å²) in [6.45, 7) is 10.8. The number of benzene rings is 2. The number of para-hydroxylation sites is 2. The largest absolute Gasteiger partial charge is 0.331 e. The lowest BCUT2D eigenvalue weighted by Crippen LogP contribution is -2.33. The molecule has 0 aliphatic heterocycles. The third kappa shape index (κ3) is 7.42. The molecule has 1 heterocycles. The van der Waals surface area contributed by atoms with Crippen LogP contribution in [0.1, 0.15) is 87.5 Å². The van der Waals surface area contributed by atoms with Crippen molar-refractivity contribution in [1.29, 1.82) is 0 Å². The summed E-state index contributed by atoms with van der Waals surface area (Å²) >= 11 is 0. The number of imidazole rings is 1. The zero-order chi connectivity index (χ0) is 25.3. The highest BCUT2D eigenvalue weighted by molar-refractivity contribution is 5.94. The minimum Gasteiger partial charge on any atom is -0.331 e. The summed E-state index contributed by atoms with van der Waals surface area (Å²) in [5.41, 5.74) is 4.15. The maximum absolute atomic E-state index is 13.8. The van der Waals surface area contributed by atoms with E-state index in [-0.39, 0.29) is 5.91 Å². The molecule has 5 heteroatoms. The van der Waals surface area contributed by atoms with E-state index in [0.29, 0.717) is 12.5 Å². The van der Waals surface area contributed by atoms with Crippen LogP contribution in [0.4, 0.5) is 0 Å². The molecule has 2 aromatic carbocycles. The van der Waals surface area contributed by atoms with Gasteiger partial charge < -0.3 is 14.8 Å². The van der Waals surface area contributed by atoms with Gasteiger partial charge >= 0.3 is 0 Å². The summed E-state index contributed by atoms with van der Waals surface area (Å²) in [5.74, 6) is 2.39. The average Bonchev–Trinajstić information content (AvgIpc) is 3.64. The number of aromatic nitrogens is 2. The molecular weight excluding hydrogens is 444 g/mol. The van der Waals surface area contributed by atoms with Crippen molar-refractivity contribution in [3.8, 4) is 0 Å². The number of carbonyl (C=O) groups excluding carboxylic acids is 1. The Morgan fingerprint density at radius 2 is 1.94 bits per heavy atom. The van der Waals surface area contributed by atoms with Crippen molar-refractivity contribution in [2.45, 2.75) is 85.4 Å². The average molecular weight is 489 g/mol. The predicted octanol–water partition coefficient (Wildman–Crippen LogP) is 6.80. The van der Waals surface area contributed by atoms with Crippen molar-refractivity contribution in [3.05, 3.63) is 65.5 Å². The lowest BCUT2D eigenvalue weighted by molar-refractivity contribution is 0.0729. The van der Waals surface area contributed by atoms with Crippen molar-refractivity contribution in [1.82, 2.24) is 19.8 Å². The van der Waals surface area contributed by atoms with Crippen LogP contribution in [0.25, 0.3) is 11.0 Å². The van der Waals surface area contributed by atoms with Gasteiger partial charge in [-0.15, -0.1) is 0 Å². The van der Waals surface area contributed by atoms with Crippen LogP contribution in [0.15, 0.2) is 48.5 Å². The number of hydrogen-bond donors (Lipinski definition) is 1. The number of nitrogens with zero attached hydrogens (tertiary/aromatic N) is 3. The van der Waals surface area contributed by atoms with Gasteiger partial charge in [0.2, 0.25) is 0 Å². The summed E-state index contributed by atoms with van der Waals surface area (Å²) in [7, 11) is 0. The number of nitrogens with one attached hydrogen (secondary N) is 1. The molecule has 1 saturated carbocycles. The van der Waals surface area contributed by atoms with Crippen LogP contribution in [0, 0.1) is 11.8 Å². The second kappa shape index (κ2) is 13.0. The van der Waals surface area contributed by atoms with E-state index in [2.05, 4.69) is 61.0 Å².